The summed E-state index contributed by atoms with van der Waals surface area (Å²) in [5, 5.41) is 1.74. The van der Waals surface area contributed by atoms with E-state index in [2.05, 4.69) is 4.72 Å². The van der Waals surface area contributed by atoms with Gasteiger partial charge in [0.05, 0.1) is 4.75 Å². The van der Waals surface area contributed by atoms with E-state index in [1.807, 2.05) is 67.6 Å². The van der Waals surface area contributed by atoms with Crippen molar-refractivity contribution in [3.05, 3.63) is 105 Å². The number of hydrogen-bond donors (Lipinski definition) is 1. The maximum atomic E-state index is 13.4. The van der Waals surface area contributed by atoms with Gasteiger partial charge in [-0.05, 0) is 74.6 Å². The van der Waals surface area contributed by atoms with Gasteiger partial charge in [0.25, 0.3) is 0 Å². The Morgan fingerprint density at radius 2 is 1.48 bits per heavy atom. The molecule has 1 N–H and O–H groups in total. The van der Waals surface area contributed by atoms with Gasteiger partial charge in [0.2, 0.25) is 10.0 Å². The Morgan fingerprint density at radius 1 is 0.879 bits per heavy atom. The lowest BCUT2D eigenvalue weighted by Gasteiger charge is -2.31. The maximum absolute atomic E-state index is 13.4. The second kappa shape index (κ2) is 10.8. The zero-order chi connectivity index (χ0) is 24.2. The van der Waals surface area contributed by atoms with Crippen molar-refractivity contribution in [3.63, 3.8) is 0 Å². The molecule has 0 aliphatic carbocycles. The van der Waals surface area contributed by atoms with E-state index in [-0.39, 0.29) is 5.92 Å². The van der Waals surface area contributed by atoms with Gasteiger partial charge in [0.1, 0.15) is 0 Å². The van der Waals surface area contributed by atoms with Crippen LogP contribution in [-0.4, -0.2) is 19.2 Å². The van der Waals surface area contributed by atoms with Crippen molar-refractivity contribution in [3.8, 4) is 0 Å². The summed E-state index contributed by atoms with van der Waals surface area (Å²) in [4.78, 5) is 0. The van der Waals surface area contributed by atoms with Gasteiger partial charge in [-0.15, -0.1) is 0 Å². The summed E-state index contributed by atoms with van der Waals surface area (Å²) in [5.74, 6) is -0.164. The lowest BCUT2D eigenvalue weighted by molar-refractivity contribution is 0.480. The van der Waals surface area contributed by atoms with E-state index in [1.165, 1.54) is 0 Å². The van der Waals surface area contributed by atoms with Gasteiger partial charge in [-0.2, -0.15) is 0 Å². The summed E-state index contributed by atoms with van der Waals surface area (Å²) in [6.45, 7) is 5.39. The summed E-state index contributed by atoms with van der Waals surface area (Å²) < 4.78 is 28.8. The summed E-state index contributed by atoms with van der Waals surface area (Å²) in [6, 6.07) is 22.1. The van der Waals surface area contributed by atoms with Gasteiger partial charge >= 0.3 is 0 Å². The van der Waals surface area contributed by atoms with E-state index in [4.69, 9.17) is 34.8 Å². The molecule has 0 aliphatic rings. The Labute approximate surface area is 212 Å². The van der Waals surface area contributed by atoms with Crippen LogP contribution in [0.15, 0.2) is 72.8 Å². The van der Waals surface area contributed by atoms with Crippen molar-refractivity contribution in [2.45, 2.75) is 50.3 Å². The molecule has 0 radical (unpaired) electrons. The molecule has 2 unspecified atom stereocenters. The Balaban J connectivity index is 1.88. The fourth-order valence-electron chi connectivity index (χ4n) is 3.89. The van der Waals surface area contributed by atoms with Crippen LogP contribution in [0.1, 0.15) is 43.4 Å². The van der Waals surface area contributed by atoms with Crippen molar-refractivity contribution < 1.29 is 8.42 Å². The molecule has 3 aromatic rings. The molecule has 0 saturated heterocycles. The van der Waals surface area contributed by atoms with Crippen molar-refractivity contribution in [2.75, 3.05) is 0 Å². The van der Waals surface area contributed by atoms with Crippen LogP contribution in [0.5, 0.6) is 0 Å². The summed E-state index contributed by atoms with van der Waals surface area (Å²) in [5.41, 5.74) is 2.85. The lowest BCUT2D eigenvalue weighted by atomic mass is 9.87. The highest BCUT2D eigenvalue weighted by Crippen LogP contribution is 2.32. The van der Waals surface area contributed by atoms with E-state index in [0.29, 0.717) is 27.9 Å². The number of rotatable bonds is 9. The highest BCUT2D eigenvalue weighted by molar-refractivity contribution is 7.90. The number of nitrogens with one attached hydrogen (secondary N) is 1. The Hall–Kier alpha value is -1.56. The van der Waals surface area contributed by atoms with E-state index in [1.54, 1.807) is 26.0 Å². The third-order valence-corrected chi connectivity index (χ3v) is 9.02. The van der Waals surface area contributed by atoms with Crippen LogP contribution in [0.2, 0.25) is 15.1 Å². The fraction of sp³-hybridized carbons (Fsp3) is 0.308. The normalized spacial score (nSPS) is 14.1. The van der Waals surface area contributed by atoms with E-state index in [0.717, 1.165) is 16.7 Å². The zero-order valence-electron chi connectivity index (χ0n) is 18.9. The minimum absolute atomic E-state index is 0.164. The lowest BCUT2D eigenvalue weighted by Crippen LogP contribution is -2.48. The minimum atomic E-state index is -3.66. The van der Waals surface area contributed by atoms with E-state index >= 15 is 0 Å². The van der Waals surface area contributed by atoms with Crippen molar-refractivity contribution in [1.82, 2.24) is 4.72 Å². The number of benzene rings is 3. The molecule has 3 nitrogen and oxygen atoms in total. The molecule has 0 fully saturated rings. The van der Waals surface area contributed by atoms with Crippen molar-refractivity contribution in [2.24, 2.45) is 0 Å². The molecule has 3 rings (SSSR count). The summed E-state index contributed by atoms with van der Waals surface area (Å²) in [6.07, 6.45) is 0.949. The molecule has 176 valence electrons. The Bertz CT molecular complexity index is 1180. The average molecular weight is 525 g/mol. The topological polar surface area (TPSA) is 46.2 Å². The molecule has 0 aromatic heterocycles. The Morgan fingerprint density at radius 3 is 2.09 bits per heavy atom. The Kier molecular flexibility index (Phi) is 8.52. The first-order chi connectivity index (χ1) is 15.5. The van der Waals surface area contributed by atoms with Crippen LogP contribution in [0.25, 0.3) is 0 Å². The summed E-state index contributed by atoms with van der Waals surface area (Å²) in [7, 11) is -3.66. The predicted octanol–water partition coefficient (Wildman–Crippen LogP) is 7.30. The van der Waals surface area contributed by atoms with Crippen molar-refractivity contribution >= 4 is 44.8 Å². The second-order valence-corrected chi connectivity index (χ2v) is 12.6. The first-order valence-corrected chi connectivity index (χ1v) is 13.4. The highest BCUT2D eigenvalue weighted by atomic mass is 35.5. The first kappa shape index (κ1) is 26.1. The predicted molar refractivity (Wildman–Crippen MR) is 140 cm³/mol. The van der Waals surface area contributed by atoms with E-state index < -0.39 is 20.8 Å². The van der Waals surface area contributed by atoms with Gasteiger partial charge in [-0.25, -0.2) is 13.1 Å². The van der Waals surface area contributed by atoms with Crippen LogP contribution < -0.4 is 4.72 Å². The van der Waals surface area contributed by atoms with Crippen LogP contribution in [0, 0.1) is 0 Å². The number of halogens is 3. The van der Waals surface area contributed by atoms with Crippen LogP contribution >= 0.6 is 34.8 Å². The molecule has 0 heterocycles. The second-order valence-electron chi connectivity index (χ2n) is 8.93. The molecule has 0 saturated carbocycles. The maximum Gasteiger partial charge on any atom is 0.217 e. The monoisotopic (exact) mass is 523 g/mol. The van der Waals surface area contributed by atoms with Gasteiger partial charge in [0, 0.05) is 27.0 Å². The summed E-state index contributed by atoms with van der Waals surface area (Å²) >= 11 is 18.6. The number of hydrogen-bond acceptors (Lipinski definition) is 2. The van der Waals surface area contributed by atoms with Gasteiger partial charge in [-0.3, -0.25) is 0 Å². The molecule has 3 aromatic carbocycles. The molecule has 7 heteroatoms. The van der Waals surface area contributed by atoms with Crippen molar-refractivity contribution in [1.29, 1.82) is 0 Å². The zero-order valence-corrected chi connectivity index (χ0v) is 21.9. The fourth-order valence-corrected chi connectivity index (χ4v) is 5.83. The largest absolute Gasteiger partial charge is 0.217 e. The van der Waals surface area contributed by atoms with Crippen LogP contribution in [-0.2, 0) is 22.9 Å². The molecule has 0 bridgehead atoms. The average Bonchev–Trinajstić information content (AvgIpc) is 2.74. The molecule has 0 amide bonds. The smallest absolute Gasteiger partial charge is 0.212 e. The van der Waals surface area contributed by atoms with Crippen LogP contribution in [0.3, 0.4) is 0 Å². The SMILES string of the molecule is CC(NS(=O)(=O)C(C)(C)Cc1ccccc1)C(Cc1ccc(Cl)cc1Cl)c1ccc(Cl)cc1. The third kappa shape index (κ3) is 6.74. The first-order valence-electron chi connectivity index (χ1n) is 10.7. The highest BCUT2D eigenvalue weighted by Gasteiger charge is 2.37. The molecular formula is C26H28Cl3NO2S. The standard InChI is InChI=1S/C26H28Cl3NO2S/c1-18(30-33(31,32)26(2,3)17-19-7-5-4-6-8-19)24(20-9-12-22(27)13-10-20)15-21-11-14-23(28)16-25(21)29/h4-14,16,18,24,30H,15,17H2,1-3H3. The number of sulfonamides is 1. The van der Waals surface area contributed by atoms with Crippen LogP contribution in [0.4, 0.5) is 0 Å². The molecule has 0 spiro atoms. The van der Waals surface area contributed by atoms with Gasteiger partial charge < -0.3 is 0 Å². The quantitative estimate of drug-likeness (QED) is 0.319. The minimum Gasteiger partial charge on any atom is -0.212 e. The molecule has 2 atom stereocenters. The van der Waals surface area contributed by atoms with E-state index in [9.17, 15) is 8.42 Å². The third-order valence-electron chi connectivity index (χ3n) is 5.90. The van der Waals surface area contributed by atoms with Gasteiger partial charge in [-0.1, -0.05) is 83.3 Å². The molecule has 33 heavy (non-hydrogen) atoms. The van der Waals surface area contributed by atoms with Gasteiger partial charge in [0.15, 0.2) is 0 Å². The molecular weight excluding hydrogens is 497 g/mol. The molecule has 0 aliphatic heterocycles.